The van der Waals surface area contributed by atoms with E-state index in [1.54, 1.807) is 29.7 Å². The minimum atomic E-state index is -0.548. The van der Waals surface area contributed by atoms with Gasteiger partial charge in [0.1, 0.15) is 12.4 Å². The monoisotopic (exact) mass is 327 g/mol. The molecule has 2 rings (SSSR count). The lowest BCUT2D eigenvalue weighted by Gasteiger charge is -2.08. The van der Waals surface area contributed by atoms with Crippen molar-refractivity contribution in [1.82, 2.24) is 5.48 Å². The fourth-order valence-electron chi connectivity index (χ4n) is 2.52. The van der Waals surface area contributed by atoms with Crippen molar-refractivity contribution in [2.75, 3.05) is 0 Å². The van der Waals surface area contributed by atoms with Gasteiger partial charge in [-0.2, -0.15) is 0 Å². The molecular weight excluding hydrogens is 302 g/mol. The number of aryl methyl sites for hydroxylation is 1. The molecule has 0 saturated carbocycles. The summed E-state index contributed by atoms with van der Waals surface area (Å²) in [5.41, 5.74) is 4.42. The lowest BCUT2D eigenvalue weighted by Crippen LogP contribution is -2.18. The van der Waals surface area contributed by atoms with Gasteiger partial charge in [-0.15, -0.1) is 0 Å². The average molecular weight is 327 g/mol. The molecule has 4 nitrogen and oxygen atoms in total. The maximum atomic E-state index is 11.4. The third kappa shape index (κ3) is 5.70. The molecule has 24 heavy (non-hydrogen) atoms. The van der Waals surface area contributed by atoms with E-state index in [9.17, 15) is 4.79 Å². The molecule has 1 amide bonds. The number of nitrogens with one attached hydrogen (secondary N) is 1. The van der Waals surface area contributed by atoms with Crippen molar-refractivity contribution in [2.24, 2.45) is 0 Å². The van der Waals surface area contributed by atoms with Crippen molar-refractivity contribution in [1.29, 1.82) is 0 Å². The van der Waals surface area contributed by atoms with E-state index in [1.807, 2.05) is 0 Å². The Morgan fingerprint density at radius 2 is 1.79 bits per heavy atom. The third-order valence-corrected chi connectivity index (χ3v) is 3.95. The Morgan fingerprint density at radius 3 is 2.50 bits per heavy atom. The Balaban J connectivity index is 1.85. The molecule has 0 fully saturated rings. The number of amides is 1. The second-order valence-electron chi connectivity index (χ2n) is 5.88. The number of rotatable bonds is 9. The Labute approximate surface area is 143 Å². The number of hydrogen-bond donors (Lipinski definition) is 2. The zero-order valence-electron chi connectivity index (χ0n) is 14.1. The van der Waals surface area contributed by atoms with Crippen molar-refractivity contribution in [2.45, 2.75) is 45.6 Å². The highest BCUT2D eigenvalue weighted by atomic mass is 16.5. The maximum absolute atomic E-state index is 11.4. The summed E-state index contributed by atoms with van der Waals surface area (Å²) in [7, 11) is 0. The topological polar surface area (TPSA) is 58.6 Å². The summed E-state index contributed by atoms with van der Waals surface area (Å²) in [4.78, 5) is 11.4. The van der Waals surface area contributed by atoms with Crippen LogP contribution in [0.5, 0.6) is 5.75 Å². The Hall–Kier alpha value is -2.33. The molecule has 0 bridgehead atoms. The van der Waals surface area contributed by atoms with Gasteiger partial charge in [0, 0.05) is 5.56 Å². The Morgan fingerprint density at radius 1 is 1.04 bits per heavy atom. The molecule has 0 heterocycles. The largest absolute Gasteiger partial charge is 0.489 e. The van der Waals surface area contributed by atoms with Crippen LogP contribution in [0.2, 0.25) is 0 Å². The zero-order chi connectivity index (χ0) is 17.2. The van der Waals surface area contributed by atoms with Gasteiger partial charge in [0.25, 0.3) is 5.91 Å². The van der Waals surface area contributed by atoms with Crippen molar-refractivity contribution in [3.63, 3.8) is 0 Å². The Bertz CT molecular complexity index is 638. The Kier molecular flexibility index (Phi) is 7.30. The first-order chi connectivity index (χ1) is 11.7. The smallest absolute Gasteiger partial charge is 0.274 e. The highest BCUT2D eigenvalue weighted by Gasteiger charge is 2.05. The maximum Gasteiger partial charge on any atom is 0.274 e. The average Bonchev–Trinajstić information content (AvgIpc) is 2.64. The molecule has 0 atom stereocenters. The second-order valence-corrected chi connectivity index (χ2v) is 5.88. The summed E-state index contributed by atoms with van der Waals surface area (Å²) in [6, 6.07) is 15.2. The van der Waals surface area contributed by atoms with Crippen molar-refractivity contribution in [3.8, 4) is 5.75 Å². The van der Waals surface area contributed by atoms with E-state index in [0.717, 1.165) is 12.0 Å². The molecule has 0 spiro atoms. The van der Waals surface area contributed by atoms with Gasteiger partial charge in [-0.05, 0) is 42.2 Å². The first-order valence-corrected chi connectivity index (χ1v) is 8.48. The quantitative estimate of drug-likeness (QED) is 0.405. The number of unbranched alkanes of at least 4 members (excludes halogenated alkanes) is 3. The lowest BCUT2D eigenvalue weighted by atomic mass is 10.0. The predicted octanol–water partition coefficient (Wildman–Crippen LogP) is 4.51. The van der Waals surface area contributed by atoms with Crippen LogP contribution in [-0.2, 0) is 13.0 Å². The third-order valence-electron chi connectivity index (χ3n) is 3.95. The summed E-state index contributed by atoms with van der Waals surface area (Å²) in [5.74, 6) is 0.0487. The van der Waals surface area contributed by atoms with E-state index < -0.39 is 5.91 Å². The SMILES string of the molecule is CCCCCCc1ccc(COc2cccc(C(=O)NO)c2)cc1. The number of carbonyl (C=O) groups is 1. The van der Waals surface area contributed by atoms with Crippen LogP contribution in [0.25, 0.3) is 0 Å². The standard InChI is InChI=1S/C20H25NO3/c1-2-3-4-5-7-16-10-12-17(13-11-16)15-24-19-9-6-8-18(14-19)20(22)21-23/h6,8-14,23H,2-5,7,15H2,1H3,(H,21,22). The van der Waals surface area contributed by atoms with Crippen molar-refractivity contribution < 1.29 is 14.7 Å². The van der Waals surface area contributed by atoms with E-state index in [4.69, 9.17) is 9.94 Å². The van der Waals surface area contributed by atoms with Crippen LogP contribution in [0.4, 0.5) is 0 Å². The van der Waals surface area contributed by atoms with E-state index in [-0.39, 0.29) is 0 Å². The summed E-state index contributed by atoms with van der Waals surface area (Å²) < 4.78 is 5.72. The molecule has 0 saturated heterocycles. The predicted molar refractivity (Wildman–Crippen MR) is 94.3 cm³/mol. The van der Waals surface area contributed by atoms with Crippen molar-refractivity contribution >= 4 is 5.91 Å². The summed E-state index contributed by atoms with van der Waals surface area (Å²) in [6.07, 6.45) is 6.22. The van der Waals surface area contributed by atoms with Crippen LogP contribution in [-0.4, -0.2) is 11.1 Å². The van der Waals surface area contributed by atoms with Gasteiger partial charge in [-0.3, -0.25) is 10.0 Å². The van der Waals surface area contributed by atoms with Gasteiger partial charge in [-0.1, -0.05) is 56.5 Å². The molecule has 0 aliphatic rings. The van der Waals surface area contributed by atoms with Gasteiger partial charge in [0.2, 0.25) is 0 Å². The first-order valence-electron chi connectivity index (χ1n) is 8.48. The second kappa shape index (κ2) is 9.73. The molecule has 0 aliphatic heterocycles. The molecule has 0 aromatic heterocycles. The van der Waals surface area contributed by atoms with Crippen molar-refractivity contribution in [3.05, 3.63) is 65.2 Å². The van der Waals surface area contributed by atoms with Crippen LogP contribution in [0.1, 0.15) is 54.1 Å². The van der Waals surface area contributed by atoms with Crippen LogP contribution < -0.4 is 10.2 Å². The van der Waals surface area contributed by atoms with E-state index in [0.29, 0.717) is 17.9 Å². The number of carbonyl (C=O) groups excluding carboxylic acids is 1. The van der Waals surface area contributed by atoms with Gasteiger partial charge in [0.15, 0.2) is 0 Å². The van der Waals surface area contributed by atoms with Crippen LogP contribution in [0.15, 0.2) is 48.5 Å². The lowest BCUT2D eigenvalue weighted by molar-refractivity contribution is 0.0706. The molecule has 0 aliphatic carbocycles. The van der Waals surface area contributed by atoms with Gasteiger partial charge in [-0.25, -0.2) is 5.48 Å². The molecule has 2 aromatic carbocycles. The van der Waals surface area contributed by atoms with E-state index in [2.05, 4.69) is 31.2 Å². The summed E-state index contributed by atoms with van der Waals surface area (Å²) in [5, 5.41) is 8.66. The van der Waals surface area contributed by atoms with E-state index in [1.165, 1.54) is 31.2 Å². The fourth-order valence-corrected chi connectivity index (χ4v) is 2.52. The molecular formula is C20H25NO3. The van der Waals surface area contributed by atoms with Gasteiger partial charge >= 0.3 is 0 Å². The highest BCUT2D eigenvalue weighted by molar-refractivity contribution is 5.93. The molecule has 4 heteroatoms. The van der Waals surface area contributed by atoms with Gasteiger partial charge in [0.05, 0.1) is 0 Å². The minimum absolute atomic E-state index is 0.359. The molecule has 0 unspecified atom stereocenters. The number of ether oxygens (including phenoxy) is 1. The zero-order valence-corrected chi connectivity index (χ0v) is 14.1. The summed E-state index contributed by atoms with van der Waals surface area (Å²) in [6.45, 7) is 2.67. The first kappa shape index (κ1) is 18.0. The number of benzene rings is 2. The van der Waals surface area contributed by atoms with Crippen LogP contribution in [0.3, 0.4) is 0 Å². The molecule has 2 N–H and O–H groups in total. The van der Waals surface area contributed by atoms with Crippen LogP contribution in [0, 0.1) is 0 Å². The molecule has 0 radical (unpaired) electrons. The number of hydroxylamine groups is 1. The summed E-state index contributed by atoms with van der Waals surface area (Å²) >= 11 is 0. The highest BCUT2D eigenvalue weighted by Crippen LogP contribution is 2.16. The normalized spacial score (nSPS) is 10.4. The fraction of sp³-hybridized carbons (Fsp3) is 0.350. The van der Waals surface area contributed by atoms with E-state index >= 15 is 0 Å². The van der Waals surface area contributed by atoms with Crippen LogP contribution >= 0.6 is 0 Å². The van der Waals surface area contributed by atoms with Gasteiger partial charge < -0.3 is 4.74 Å². The minimum Gasteiger partial charge on any atom is -0.489 e. The molecule has 2 aromatic rings. The number of hydrogen-bond acceptors (Lipinski definition) is 3. The molecule has 128 valence electrons.